The Bertz CT molecular complexity index is 513. The van der Waals surface area contributed by atoms with Crippen LogP contribution in [0, 0.1) is 18.7 Å². The smallest absolute Gasteiger partial charge is 0.319 e. The molecule has 0 spiro atoms. The highest BCUT2D eigenvalue weighted by Gasteiger charge is 2.33. The van der Waals surface area contributed by atoms with Crippen LogP contribution in [0.15, 0.2) is 18.2 Å². The van der Waals surface area contributed by atoms with E-state index in [1.165, 1.54) is 6.07 Å². The summed E-state index contributed by atoms with van der Waals surface area (Å²) in [6.45, 7) is 1.69. The third-order valence-electron chi connectivity index (χ3n) is 3.61. The van der Waals surface area contributed by atoms with Gasteiger partial charge in [-0.25, -0.2) is 9.18 Å². The van der Waals surface area contributed by atoms with E-state index in [4.69, 9.17) is 5.11 Å². The van der Waals surface area contributed by atoms with Gasteiger partial charge in [-0.1, -0.05) is 18.6 Å². The van der Waals surface area contributed by atoms with E-state index >= 15 is 0 Å². The Morgan fingerprint density at radius 3 is 2.75 bits per heavy atom. The normalized spacial score (nSPS) is 21.5. The molecule has 108 valence electrons. The molecular formula is C14H17FN2O3. The van der Waals surface area contributed by atoms with Crippen LogP contribution < -0.4 is 10.6 Å². The van der Waals surface area contributed by atoms with Gasteiger partial charge in [0.25, 0.3) is 0 Å². The van der Waals surface area contributed by atoms with Crippen molar-refractivity contribution in [2.75, 3.05) is 5.32 Å². The number of urea groups is 1. The van der Waals surface area contributed by atoms with E-state index < -0.39 is 29.8 Å². The fourth-order valence-corrected chi connectivity index (χ4v) is 2.54. The first kappa shape index (κ1) is 14.3. The van der Waals surface area contributed by atoms with Gasteiger partial charge >= 0.3 is 12.0 Å². The molecule has 3 N–H and O–H groups in total. The topological polar surface area (TPSA) is 78.4 Å². The minimum absolute atomic E-state index is 0.120. The van der Waals surface area contributed by atoms with Crippen LogP contribution in [0.3, 0.4) is 0 Å². The van der Waals surface area contributed by atoms with Crippen LogP contribution in [-0.2, 0) is 4.79 Å². The molecule has 0 radical (unpaired) electrons. The summed E-state index contributed by atoms with van der Waals surface area (Å²) in [5, 5.41) is 14.1. The number of carboxylic acids is 1. The Labute approximate surface area is 116 Å². The number of anilines is 1. The fraction of sp³-hybridized carbons (Fsp3) is 0.429. The van der Waals surface area contributed by atoms with Gasteiger partial charge < -0.3 is 15.7 Å². The average molecular weight is 280 g/mol. The molecule has 0 bridgehead atoms. The van der Waals surface area contributed by atoms with Gasteiger partial charge in [0.15, 0.2) is 0 Å². The van der Waals surface area contributed by atoms with E-state index in [1.54, 1.807) is 19.1 Å². The number of nitrogens with one attached hydrogen (secondary N) is 2. The minimum atomic E-state index is -0.908. The second-order valence-electron chi connectivity index (χ2n) is 5.01. The third kappa shape index (κ3) is 3.07. The fourth-order valence-electron chi connectivity index (χ4n) is 2.54. The molecule has 1 aromatic rings. The van der Waals surface area contributed by atoms with Gasteiger partial charge in [0.1, 0.15) is 5.82 Å². The maximum absolute atomic E-state index is 13.6. The van der Waals surface area contributed by atoms with Crippen LogP contribution in [0.2, 0.25) is 0 Å². The zero-order chi connectivity index (χ0) is 14.7. The molecular weight excluding hydrogens is 263 g/mol. The first-order chi connectivity index (χ1) is 9.49. The molecule has 1 aliphatic carbocycles. The highest BCUT2D eigenvalue weighted by atomic mass is 19.1. The number of rotatable bonds is 3. The lowest BCUT2D eigenvalue weighted by Crippen LogP contribution is -2.42. The molecule has 0 aromatic heterocycles. The first-order valence-corrected chi connectivity index (χ1v) is 6.54. The number of carbonyl (C=O) groups is 2. The van der Waals surface area contributed by atoms with E-state index in [9.17, 15) is 14.0 Å². The van der Waals surface area contributed by atoms with E-state index in [-0.39, 0.29) is 5.69 Å². The second-order valence-corrected chi connectivity index (χ2v) is 5.01. The van der Waals surface area contributed by atoms with Crippen LogP contribution in [0.5, 0.6) is 0 Å². The molecule has 20 heavy (non-hydrogen) atoms. The van der Waals surface area contributed by atoms with Crippen LogP contribution in [-0.4, -0.2) is 23.1 Å². The Balaban J connectivity index is 2.01. The quantitative estimate of drug-likeness (QED) is 0.796. The number of para-hydroxylation sites is 1. The molecule has 0 saturated heterocycles. The van der Waals surface area contributed by atoms with Crippen molar-refractivity contribution in [2.24, 2.45) is 5.92 Å². The molecule has 0 heterocycles. The molecule has 2 rings (SSSR count). The van der Waals surface area contributed by atoms with Gasteiger partial charge in [-0.2, -0.15) is 0 Å². The van der Waals surface area contributed by atoms with Crippen molar-refractivity contribution in [3.8, 4) is 0 Å². The number of hydrogen-bond acceptors (Lipinski definition) is 2. The Kier molecular flexibility index (Phi) is 4.22. The van der Waals surface area contributed by atoms with E-state index in [0.717, 1.165) is 6.42 Å². The van der Waals surface area contributed by atoms with Crippen LogP contribution >= 0.6 is 0 Å². The SMILES string of the molecule is Cc1cccc(F)c1NC(=O)NC1CCCC1C(=O)O. The number of carbonyl (C=O) groups excluding carboxylic acids is 1. The Hall–Kier alpha value is -2.11. The molecule has 2 atom stereocenters. The molecule has 0 aliphatic heterocycles. The van der Waals surface area contributed by atoms with E-state index in [1.807, 2.05) is 0 Å². The second kappa shape index (κ2) is 5.90. The number of benzene rings is 1. The molecule has 2 unspecified atom stereocenters. The van der Waals surface area contributed by atoms with Gasteiger partial charge in [0.05, 0.1) is 11.6 Å². The maximum atomic E-state index is 13.6. The lowest BCUT2D eigenvalue weighted by atomic mass is 10.0. The van der Waals surface area contributed by atoms with E-state index in [2.05, 4.69) is 10.6 Å². The zero-order valence-electron chi connectivity index (χ0n) is 11.1. The van der Waals surface area contributed by atoms with Crippen molar-refractivity contribution in [3.63, 3.8) is 0 Å². The predicted molar refractivity (Wildman–Crippen MR) is 72.1 cm³/mol. The lowest BCUT2D eigenvalue weighted by Gasteiger charge is -2.18. The number of aliphatic carboxylic acids is 1. The summed E-state index contributed by atoms with van der Waals surface area (Å²) in [6, 6.07) is 3.54. The highest BCUT2D eigenvalue weighted by Crippen LogP contribution is 2.26. The highest BCUT2D eigenvalue weighted by molar-refractivity contribution is 5.90. The number of hydrogen-bond donors (Lipinski definition) is 3. The molecule has 1 aliphatic rings. The summed E-state index contributed by atoms with van der Waals surface area (Å²) in [4.78, 5) is 22.9. The van der Waals surface area contributed by atoms with Gasteiger partial charge in [-0.3, -0.25) is 4.79 Å². The molecule has 1 fully saturated rings. The summed E-state index contributed by atoms with van der Waals surface area (Å²) in [5.74, 6) is -1.99. The van der Waals surface area contributed by atoms with Gasteiger partial charge in [0, 0.05) is 6.04 Å². The molecule has 1 aromatic carbocycles. The number of halogens is 1. The van der Waals surface area contributed by atoms with Crippen molar-refractivity contribution in [1.82, 2.24) is 5.32 Å². The van der Waals surface area contributed by atoms with Crippen molar-refractivity contribution >= 4 is 17.7 Å². The first-order valence-electron chi connectivity index (χ1n) is 6.54. The molecule has 6 heteroatoms. The summed E-state index contributed by atoms with van der Waals surface area (Å²) in [7, 11) is 0. The third-order valence-corrected chi connectivity index (χ3v) is 3.61. The number of amides is 2. The van der Waals surface area contributed by atoms with E-state index in [0.29, 0.717) is 18.4 Å². The van der Waals surface area contributed by atoms with Crippen molar-refractivity contribution < 1.29 is 19.1 Å². The Morgan fingerprint density at radius 2 is 2.10 bits per heavy atom. The number of carboxylic acid groups (broad SMARTS) is 1. The van der Waals surface area contributed by atoms with Crippen molar-refractivity contribution in [1.29, 1.82) is 0 Å². The standard InChI is InChI=1S/C14H17FN2O3/c1-8-4-2-6-10(15)12(8)17-14(20)16-11-7-3-5-9(11)13(18)19/h2,4,6,9,11H,3,5,7H2,1H3,(H,18,19)(H2,16,17,20). The maximum Gasteiger partial charge on any atom is 0.319 e. The van der Waals surface area contributed by atoms with Crippen LogP contribution in [0.25, 0.3) is 0 Å². The van der Waals surface area contributed by atoms with Crippen molar-refractivity contribution in [2.45, 2.75) is 32.2 Å². The monoisotopic (exact) mass is 280 g/mol. The van der Waals surface area contributed by atoms with Gasteiger partial charge in [-0.15, -0.1) is 0 Å². The van der Waals surface area contributed by atoms with Crippen LogP contribution in [0.4, 0.5) is 14.9 Å². The molecule has 1 saturated carbocycles. The number of aryl methyl sites for hydroxylation is 1. The summed E-state index contributed by atoms with van der Waals surface area (Å²) in [5.41, 5.74) is 0.733. The lowest BCUT2D eigenvalue weighted by molar-refractivity contribution is -0.142. The summed E-state index contributed by atoms with van der Waals surface area (Å²) >= 11 is 0. The van der Waals surface area contributed by atoms with Crippen LogP contribution in [0.1, 0.15) is 24.8 Å². The average Bonchev–Trinajstić information content (AvgIpc) is 2.82. The largest absolute Gasteiger partial charge is 0.481 e. The zero-order valence-corrected chi connectivity index (χ0v) is 11.1. The predicted octanol–water partition coefficient (Wildman–Crippen LogP) is 2.51. The summed E-state index contributed by atoms with van der Waals surface area (Å²) < 4.78 is 13.6. The molecule has 5 nitrogen and oxygen atoms in total. The minimum Gasteiger partial charge on any atom is -0.481 e. The molecule has 2 amide bonds. The van der Waals surface area contributed by atoms with Gasteiger partial charge in [-0.05, 0) is 31.4 Å². The van der Waals surface area contributed by atoms with Crippen molar-refractivity contribution in [3.05, 3.63) is 29.6 Å². The van der Waals surface area contributed by atoms with Gasteiger partial charge in [0.2, 0.25) is 0 Å². The Morgan fingerprint density at radius 1 is 1.35 bits per heavy atom. The summed E-state index contributed by atoms with van der Waals surface area (Å²) in [6.07, 6.45) is 1.94.